The van der Waals surface area contributed by atoms with E-state index in [2.05, 4.69) is 25.5 Å². The minimum Gasteiger partial charge on any atom is -0.325 e. The second-order valence-corrected chi connectivity index (χ2v) is 6.97. The Kier molecular flexibility index (Phi) is 5.51. The van der Waals surface area contributed by atoms with Crippen molar-refractivity contribution < 1.29 is 4.79 Å². The Morgan fingerprint density at radius 2 is 2.12 bits per heavy atom. The lowest BCUT2D eigenvalue weighted by Crippen LogP contribution is -2.22. The first-order valence-corrected chi connectivity index (χ1v) is 8.82. The van der Waals surface area contributed by atoms with E-state index in [0.29, 0.717) is 27.3 Å². The van der Waals surface area contributed by atoms with Gasteiger partial charge in [0.05, 0.1) is 15.8 Å². The molecule has 2 N–H and O–H groups in total. The number of thioether (sulfide) groups is 1. The molecule has 1 aromatic carbocycles. The van der Waals surface area contributed by atoms with Crippen molar-refractivity contribution in [2.24, 2.45) is 0 Å². The van der Waals surface area contributed by atoms with E-state index in [-0.39, 0.29) is 5.91 Å². The molecule has 0 unspecified atom stereocenters. The molecule has 0 aliphatic carbocycles. The van der Waals surface area contributed by atoms with E-state index >= 15 is 0 Å². The fourth-order valence-electron chi connectivity index (χ4n) is 2.08. The third kappa shape index (κ3) is 4.20. The molecule has 7 nitrogen and oxygen atoms in total. The van der Waals surface area contributed by atoms with Gasteiger partial charge in [0, 0.05) is 23.6 Å². The largest absolute Gasteiger partial charge is 0.325 e. The molecule has 0 saturated carbocycles. The van der Waals surface area contributed by atoms with Gasteiger partial charge in [-0.2, -0.15) is 5.26 Å². The Bertz CT molecular complexity index is 969. The third-order valence-corrected chi connectivity index (χ3v) is 4.70. The zero-order chi connectivity index (χ0) is 18.5. The third-order valence-electron chi connectivity index (χ3n) is 3.43. The van der Waals surface area contributed by atoms with Gasteiger partial charge in [-0.1, -0.05) is 23.4 Å². The van der Waals surface area contributed by atoms with Crippen LogP contribution in [-0.4, -0.2) is 31.3 Å². The number of pyridine rings is 1. The number of carbonyl (C=O) groups is 1. The zero-order valence-electron chi connectivity index (χ0n) is 13.6. The summed E-state index contributed by atoms with van der Waals surface area (Å²) < 4.78 is 0. The molecule has 1 amide bonds. The molecular weight excluding hydrogens is 372 g/mol. The number of halogens is 1. The molecular formula is C17H13ClN6OS. The SMILES string of the molecule is C[C@H](Sc1n[nH]c(-c2ccncc2)n1)C(=O)Nc1ccc(C#N)c(Cl)c1. The number of amides is 1. The van der Waals surface area contributed by atoms with Gasteiger partial charge in [0.1, 0.15) is 6.07 Å². The molecule has 0 radical (unpaired) electrons. The highest BCUT2D eigenvalue weighted by atomic mass is 35.5. The molecule has 130 valence electrons. The summed E-state index contributed by atoms with van der Waals surface area (Å²) >= 11 is 7.21. The molecule has 2 heterocycles. The quantitative estimate of drug-likeness (QED) is 0.652. The number of H-pyrrole nitrogens is 1. The Morgan fingerprint density at radius 3 is 2.81 bits per heavy atom. The number of carbonyl (C=O) groups excluding carboxylic acids is 1. The Labute approximate surface area is 158 Å². The van der Waals surface area contributed by atoms with Gasteiger partial charge < -0.3 is 5.32 Å². The molecule has 9 heteroatoms. The molecule has 2 aromatic heterocycles. The number of nitrogens with zero attached hydrogens (tertiary/aromatic N) is 4. The maximum absolute atomic E-state index is 12.3. The molecule has 0 spiro atoms. The molecule has 3 aromatic rings. The van der Waals surface area contributed by atoms with Crippen molar-refractivity contribution in [2.45, 2.75) is 17.3 Å². The maximum atomic E-state index is 12.3. The van der Waals surface area contributed by atoms with Crippen LogP contribution in [-0.2, 0) is 4.79 Å². The van der Waals surface area contributed by atoms with Gasteiger partial charge in [0.15, 0.2) is 5.82 Å². The summed E-state index contributed by atoms with van der Waals surface area (Å²) in [6.07, 6.45) is 3.34. The summed E-state index contributed by atoms with van der Waals surface area (Å²) in [4.78, 5) is 20.7. The molecule has 26 heavy (non-hydrogen) atoms. The van der Waals surface area contributed by atoms with Crippen molar-refractivity contribution in [3.63, 3.8) is 0 Å². The normalized spacial score (nSPS) is 11.6. The number of rotatable bonds is 5. The Morgan fingerprint density at radius 1 is 1.35 bits per heavy atom. The van der Waals surface area contributed by atoms with Crippen molar-refractivity contribution in [3.8, 4) is 17.5 Å². The lowest BCUT2D eigenvalue weighted by Gasteiger charge is -2.10. The average Bonchev–Trinajstić information content (AvgIpc) is 3.11. The van der Waals surface area contributed by atoms with Crippen LogP contribution in [0.2, 0.25) is 5.02 Å². The van der Waals surface area contributed by atoms with Gasteiger partial charge in [-0.05, 0) is 37.3 Å². The van der Waals surface area contributed by atoms with Crippen molar-refractivity contribution in [1.82, 2.24) is 20.2 Å². The van der Waals surface area contributed by atoms with Crippen LogP contribution in [0.25, 0.3) is 11.4 Å². The average molecular weight is 385 g/mol. The zero-order valence-corrected chi connectivity index (χ0v) is 15.2. The second-order valence-electron chi connectivity index (χ2n) is 5.26. The topological polar surface area (TPSA) is 107 Å². The molecule has 0 fully saturated rings. The highest BCUT2D eigenvalue weighted by molar-refractivity contribution is 8.00. The Hall–Kier alpha value is -2.89. The number of hydrogen-bond donors (Lipinski definition) is 2. The molecule has 0 aliphatic heterocycles. The highest BCUT2D eigenvalue weighted by Gasteiger charge is 2.18. The molecule has 0 bridgehead atoms. The smallest absolute Gasteiger partial charge is 0.237 e. The number of hydrogen-bond acceptors (Lipinski definition) is 6. The summed E-state index contributed by atoms with van der Waals surface area (Å²) in [7, 11) is 0. The highest BCUT2D eigenvalue weighted by Crippen LogP contribution is 2.24. The molecule has 0 aliphatic rings. The van der Waals surface area contributed by atoms with E-state index in [1.165, 1.54) is 11.8 Å². The first-order valence-electron chi connectivity index (χ1n) is 7.57. The van der Waals surface area contributed by atoms with Gasteiger partial charge in [0.25, 0.3) is 0 Å². The fraction of sp³-hybridized carbons (Fsp3) is 0.118. The summed E-state index contributed by atoms with van der Waals surface area (Å²) in [6.45, 7) is 1.76. The molecule has 3 rings (SSSR count). The van der Waals surface area contributed by atoms with Gasteiger partial charge in [0.2, 0.25) is 11.1 Å². The summed E-state index contributed by atoms with van der Waals surface area (Å²) in [5.41, 5.74) is 1.75. The maximum Gasteiger partial charge on any atom is 0.237 e. The predicted molar refractivity (Wildman–Crippen MR) is 99.7 cm³/mol. The van der Waals surface area contributed by atoms with Crippen LogP contribution in [0.1, 0.15) is 12.5 Å². The van der Waals surface area contributed by atoms with Crippen LogP contribution >= 0.6 is 23.4 Å². The van der Waals surface area contributed by atoms with Gasteiger partial charge in [-0.3, -0.25) is 14.9 Å². The van der Waals surface area contributed by atoms with E-state index in [9.17, 15) is 4.79 Å². The molecule has 0 saturated heterocycles. The summed E-state index contributed by atoms with van der Waals surface area (Å²) in [5, 5.41) is 19.0. The van der Waals surface area contributed by atoms with Gasteiger partial charge >= 0.3 is 0 Å². The van der Waals surface area contributed by atoms with Crippen LogP contribution < -0.4 is 5.32 Å². The summed E-state index contributed by atoms with van der Waals surface area (Å²) in [6, 6.07) is 10.4. The van der Waals surface area contributed by atoms with Crippen molar-refractivity contribution in [2.75, 3.05) is 5.32 Å². The first kappa shape index (κ1) is 17.9. The van der Waals surface area contributed by atoms with Gasteiger partial charge in [-0.15, -0.1) is 5.10 Å². The minimum atomic E-state index is -0.425. The van der Waals surface area contributed by atoms with Crippen LogP contribution in [0.4, 0.5) is 5.69 Å². The first-order chi connectivity index (χ1) is 12.6. The predicted octanol–water partition coefficient (Wildman–Crippen LogP) is 3.51. The number of aromatic amines is 1. The standard InChI is InChI=1S/C17H13ClN6OS/c1-10(16(25)21-13-3-2-12(9-19)14(18)8-13)26-17-22-15(23-24-17)11-4-6-20-7-5-11/h2-8,10H,1H3,(H,21,25)(H,22,23,24)/t10-/m0/s1. The van der Waals surface area contributed by atoms with E-state index in [1.807, 2.05) is 18.2 Å². The number of benzene rings is 1. The van der Waals surface area contributed by atoms with Crippen LogP contribution in [0.3, 0.4) is 0 Å². The van der Waals surface area contributed by atoms with Crippen LogP contribution in [0.5, 0.6) is 0 Å². The lowest BCUT2D eigenvalue weighted by atomic mass is 10.2. The van der Waals surface area contributed by atoms with E-state index in [4.69, 9.17) is 16.9 Å². The van der Waals surface area contributed by atoms with Crippen LogP contribution in [0.15, 0.2) is 47.9 Å². The number of anilines is 1. The van der Waals surface area contributed by atoms with Gasteiger partial charge in [-0.25, -0.2) is 4.98 Å². The number of aromatic nitrogens is 4. The van der Waals surface area contributed by atoms with Crippen molar-refractivity contribution in [1.29, 1.82) is 5.26 Å². The van der Waals surface area contributed by atoms with Crippen molar-refractivity contribution >= 4 is 35.0 Å². The van der Waals surface area contributed by atoms with Crippen LogP contribution in [0, 0.1) is 11.3 Å². The minimum absolute atomic E-state index is 0.217. The second kappa shape index (κ2) is 7.99. The van der Waals surface area contributed by atoms with E-state index < -0.39 is 5.25 Å². The number of nitriles is 1. The van der Waals surface area contributed by atoms with E-state index in [0.717, 1.165) is 5.56 Å². The summed E-state index contributed by atoms with van der Waals surface area (Å²) in [5.74, 6) is 0.396. The lowest BCUT2D eigenvalue weighted by molar-refractivity contribution is -0.115. The van der Waals surface area contributed by atoms with Crippen molar-refractivity contribution in [3.05, 3.63) is 53.3 Å². The fourth-order valence-corrected chi connectivity index (χ4v) is 3.02. The van der Waals surface area contributed by atoms with E-state index in [1.54, 1.807) is 37.5 Å². The molecule has 1 atom stereocenters. The Balaban J connectivity index is 1.64. The number of nitrogens with one attached hydrogen (secondary N) is 2. The monoisotopic (exact) mass is 384 g/mol.